The summed E-state index contributed by atoms with van der Waals surface area (Å²) in [6.45, 7) is 4.00. The third-order valence-electron chi connectivity index (χ3n) is 5.84. The molecular weight excluding hydrogens is 552 g/mol. The van der Waals surface area contributed by atoms with Crippen LogP contribution in [0.15, 0.2) is 112 Å². The van der Waals surface area contributed by atoms with E-state index >= 15 is 0 Å². The minimum Gasteiger partial charge on any atom is -0.379 e. The Morgan fingerprint density at radius 1 is 0.821 bits per heavy atom. The average Bonchev–Trinajstić information content (AvgIpc) is 3.21. The number of nitrogens with zero attached hydrogens (tertiary/aromatic N) is 2. The number of aryl methyl sites for hydroxylation is 2. The van der Waals surface area contributed by atoms with Gasteiger partial charge in [0, 0.05) is 5.02 Å². The maximum atomic E-state index is 13.5. The molecule has 0 unspecified atom stereocenters. The second-order valence-electron chi connectivity index (χ2n) is 8.88. The van der Waals surface area contributed by atoms with Crippen molar-refractivity contribution in [3.8, 4) is 5.75 Å². The minimum absolute atomic E-state index is 0.00244. The summed E-state index contributed by atoms with van der Waals surface area (Å²) < 4.78 is 30.4. The van der Waals surface area contributed by atoms with Crippen LogP contribution in [0.3, 0.4) is 0 Å². The molecule has 0 bridgehead atoms. The van der Waals surface area contributed by atoms with Crippen molar-refractivity contribution >= 4 is 62.0 Å². The van der Waals surface area contributed by atoms with Crippen LogP contribution in [0.4, 0.5) is 11.4 Å². The van der Waals surface area contributed by atoms with Gasteiger partial charge in [-0.15, -0.1) is 0 Å². The lowest BCUT2D eigenvalue weighted by atomic mass is 10.2. The minimum atomic E-state index is -4.01. The molecule has 9 heteroatoms. The van der Waals surface area contributed by atoms with Gasteiger partial charge < -0.3 is 4.18 Å². The number of rotatable bonds is 6. The first-order valence-electron chi connectivity index (χ1n) is 11.9. The van der Waals surface area contributed by atoms with Crippen LogP contribution in [0, 0.1) is 13.8 Å². The first-order chi connectivity index (χ1) is 18.7. The predicted molar refractivity (Wildman–Crippen MR) is 158 cm³/mol. The lowest BCUT2D eigenvalue weighted by Crippen LogP contribution is -2.28. The second kappa shape index (κ2) is 11.1. The quantitative estimate of drug-likeness (QED) is 0.176. The Morgan fingerprint density at radius 2 is 1.41 bits per heavy atom. The Labute approximate surface area is 236 Å². The first-order valence-corrected chi connectivity index (χ1v) is 14.5. The lowest BCUT2D eigenvalue weighted by Gasteiger charge is -2.16. The highest BCUT2D eigenvalue weighted by molar-refractivity contribution is 8.19. The normalized spacial score (nSPS) is 15.8. The molecular formula is C30H23ClN2O4S2. The maximum Gasteiger partial charge on any atom is 0.339 e. The molecule has 39 heavy (non-hydrogen) atoms. The van der Waals surface area contributed by atoms with Gasteiger partial charge in [-0.2, -0.15) is 8.42 Å². The van der Waals surface area contributed by atoms with Gasteiger partial charge in [0.1, 0.15) is 10.6 Å². The number of aliphatic imine (C=N–C) groups is 1. The zero-order valence-electron chi connectivity index (χ0n) is 21.0. The third-order valence-corrected chi connectivity index (χ3v) is 8.33. The molecule has 5 rings (SSSR count). The molecule has 0 radical (unpaired) electrons. The average molecular weight is 575 g/mol. The molecule has 0 aromatic heterocycles. The first kappa shape index (κ1) is 26.7. The molecule has 0 N–H and O–H groups in total. The molecule has 1 heterocycles. The van der Waals surface area contributed by atoms with E-state index in [9.17, 15) is 13.2 Å². The topological polar surface area (TPSA) is 76.0 Å². The molecule has 1 fully saturated rings. The van der Waals surface area contributed by atoms with Gasteiger partial charge in [-0.1, -0.05) is 59.1 Å². The molecule has 0 aliphatic carbocycles. The summed E-state index contributed by atoms with van der Waals surface area (Å²) in [5.41, 5.74) is 4.40. The van der Waals surface area contributed by atoms with E-state index in [2.05, 4.69) is 0 Å². The highest BCUT2D eigenvalue weighted by atomic mass is 35.5. The highest BCUT2D eigenvalue weighted by Crippen LogP contribution is 2.37. The smallest absolute Gasteiger partial charge is 0.339 e. The van der Waals surface area contributed by atoms with Gasteiger partial charge in [0.05, 0.1) is 16.3 Å². The molecule has 1 amide bonds. The van der Waals surface area contributed by atoms with E-state index < -0.39 is 10.1 Å². The number of hydrogen-bond donors (Lipinski definition) is 0. The van der Waals surface area contributed by atoms with E-state index in [0.29, 0.717) is 20.7 Å². The molecule has 0 atom stereocenters. The van der Waals surface area contributed by atoms with E-state index in [1.165, 1.54) is 36.0 Å². The Kier molecular flexibility index (Phi) is 7.61. The van der Waals surface area contributed by atoms with Crippen LogP contribution < -0.4 is 9.08 Å². The molecule has 1 saturated heterocycles. The van der Waals surface area contributed by atoms with Gasteiger partial charge in [0.2, 0.25) is 0 Å². The molecule has 196 valence electrons. The number of amidine groups is 1. The number of halogens is 1. The van der Waals surface area contributed by atoms with Gasteiger partial charge in [-0.05, 0) is 97.9 Å². The molecule has 1 aliphatic rings. The van der Waals surface area contributed by atoms with E-state index in [4.69, 9.17) is 20.8 Å². The lowest BCUT2D eigenvalue weighted by molar-refractivity contribution is -0.113. The number of thioether (sulfide) groups is 1. The molecule has 0 saturated carbocycles. The number of carbonyl (C=O) groups excluding carboxylic acids is 1. The molecule has 0 spiro atoms. The SMILES string of the molecule is Cc1ccc(N=C2S/C(=C\c3ccc(OS(=O)(=O)c4ccc(Cl)cc4)cc3)C(=O)N2c2ccc(C)cc2)cc1. The summed E-state index contributed by atoms with van der Waals surface area (Å²) in [6.07, 6.45) is 1.75. The second-order valence-corrected chi connectivity index (χ2v) is 11.9. The van der Waals surface area contributed by atoms with Crippen molar-refractivity contribution in [3.63, 3.8) is 0 Å². The molecule has 4 aromatic rings. The van der Waals surface area contributed by atoms with Crippen LogP contribution in [0.25, 0.3) is 6.08 Å². The van der Waals surface area contributed by atoms with Gasteiger partial charge in [0.25, 0.3) is 5.91 Å². The van der Waals surface area contributed by atoms with Gasteiger partial charge >= 0.3 is 10.1 Å². The number of amides is 1. The van der Waals surface area contributed by atoms with E-state index in [1.54, 1.807) is 35.2 Å². The van der Waals surface area contributed by atoms with Gasteiger partial charge in [-0.25, -0.2) is 4.99 Å². The fraction of sp³-hybridized carbons (Fsp3) is 0.0667. The Hall–Kier alpha value is -3.85. The summed E-state index contributed by atoms with van der Waals surface area (Å²) in [5.74, 6) is -0.0410. The Morgan fingerprint density at radius 3 is 2.03 bits per heavy atom. The zero-order valence-corrected chi connectivity index (χ0v) is 23.4. The van der Waals surface area contributed by atoms with Crippen molar-refractivity contribution in [2.75, 3.05) is 4.90 Å². The van der Waals surface area contributed by atoms with Crippen LogP contribution >= 0.6 is 23.4 Å². The van der Waals surface area contributed by atoms with Crippen molar-refractivity contribution in [2.24, 2.45) is 4.99 Å². The third kappa shape index (κ3) is 6.25. The largest absolute Gasteiger partial charge is 0.379 e. The van der Waals surface area contributed by atoms with Crippen LogP contribution in [0.1, 0.15) is 16.7 Å². The van der Waals surface area contributed by atoms with E-state index in [1.807, 2.05) is 62.4 Å². The number of carbonyl (C=O) groups is 1. The predicted octanol–water partition coefficient (Wildman–Crippen LogP) is 7.53. The fourth-order valence-corrected chi connectivity index (χ4v) is 5.80. The van der Waals surface area contributed by atoms with Crippen LogP contribution in [-0.2, 0) is 14.9 Å². The molecule has 4 aromatic carbocycles. The summed E-state index contributed by atoms with van der Waals surface area (Å²) in [7, 11) is -4.01. The van der Waals surface area contributed by atoms with Crippen LogP contribution in [0.5, 0.6) is 5.75 Å². The summed E-state index contributed by atoms with van der Waals surface area (Å²) in [5, 5.41) is 0.978. The molecule has 1 aliphatic heterocycles. The van der Waals surface area contributed by atoms with Crippen molar-refractivity contribution < 1.29 is 17.4 Å². The van der Waals surface area contributed by atoms with Gasteiger partial charge in [0.15, 0.2) is 5.17 Å². The number of anilines is 1. The highest BCUT2D eigenvalue weighted by Gasteiger charge is 2.34. The number of benzene rings is 4. The zero-order chi connectivity index (χ0) is 27.6. The summed E-state index contributed by atoms with van der Waals surface area (Å²) in [4.78, 5) is 20.4. The Bertz CT molecular complexity index is 1680. The summed E-state index contributed by atoms with van der Waals surface area (Å²) >= 11 is 7.13. The standard InChI is InChI=1S/C30H23ClN2O4S2/c1-20-3-11-24(12-4-20)32-30-33(25-13-5-21(2)6-14-25)29(34)28(38-30)19-22-7-15-26(16-8-22)37-39(35,36)27-17-9-23(31)10-18-27/h3-19H,1-2H3/b28-19-,32-30?. The molecule has 6 nitrogen and oxygen atoms in total. The van der Waals surface area contributed by atoms with E-state index in [-0.39, 0.29) is 16.6 Å². The van der Waals surface area contributed by atoms with Crippen LogP contribution in [-0.4, -0.2) is 19.5 Å². The van der Waals surface area contributed by atoms with Gasteiger partial charge in [-0.3, -0.25) is 9.69 Å². The fourth-order valence-electron chi connectivity index (χ4n) is 3.75. The van der Waals surface area contributed by atoms with Crippen molar-refractivity contribution in [1.82, 2.24) is 0 Å². The Balaban J connectivity index is 1.41. The monoisotopic (exact) mass is 574 g/mol. The maximum absolute atomic E-state index is 13.5. The van der Waals surface area contributed by atoms with Crippen molar-refractivity contribution in [1.29, 1.82) is 0 Å². The van der Waals surface area contributed by atoms with Crippen LogP contribution in [0.2, 0.25) is 5.02 Å². The van der Waals surface area contributed by atoms with Crippen molar-refractivity contribution in [3.05, 3.63) is 124 Å². The summed E-state index contributed by atoms with van der Waals surface area (Å²) in [6, 6.07) is 27.7. The number of hydrogen-bond acceptors (Lipinski definition) is 6. The van der Waals surface area contributed by atoms with Crippen molar-refractivity contribution in [2.45, 2.75) is 18.7 Å². The van der Waals surface area contributed by atoms with E-state index in [0.717, 1.165) is 22.5 Å².